The third kappa shape index (κ3) is 1.97. The zero-order valence-electron chi connectivity index (χ0n) is 6.34. The minimum Gasteiger partial charge on any atom is -0.508 e. The second-order valence-electron chi connectivity index (χ2n) is 2.17. The van der Waals surface area contributed by atoms with Crippen LogP contribution in [0.25, 0.3) is 0 Å². The van der Waals surface area contributed by atoms with Crippen molar-refractivity contribution in [3.63, 3.8) is 0 Å². The largest absolute Gasteiger partial charge is 0.508 e. The summed E-state index contributed by atoms with van der Waals surface area (Å²) in [6, 6.07) is 3.69. The minimum absolute atomic E-state index is 0.00211. The Labute approximate surface area is 69.8 Å². The summed E-state index contributed by atoms with van der Waals surface area (Å²) in [5.41, 5.74) is 5.27. The fourth-order valence-electron chi connectivity index (χ4n) is 0.755. The molecule has 0 aliphatic carbocycles. The maximum Gasteiger partial charge on any atom is 0.139 e. The SMILES string of the molecule is NCC#Cc1cc(O)ccc1F. The molecule has 12 heavy (non-hydrogen) atoms. The van der Waals surface area contributed by atoms with Gasteiger partial charge >= 0.3 is 0 Å². The van der Waals surface area contributed by atoms with E-state index in [1.807, 2.05) is 0 Å². The number of aromatic hydroxyl groups is 1. The number of benzene rings is 1. The molecule has 0 spiro atoms. The minimum atomic E-state index is -0.450. The van der Waals surface area contributed by atoms with Gasteiger partial charge in [0.2, 0.25) is 0 Å². The predicted octanol–water partition coefficient (Wildman–Crippen LogP) is 0.842. The molecular formula is C9H8FNO. The predicted molar refractivity (Wildman–Crippen MR) is 44.0 cm³/mol. The van der Waals surface area contributed by atoms with Gasteiger partial charge in [-0.3, -0.25) is 0 Å². The number of rotatable bonds is 0. The Balaban J connectivity index is 3.05. The quantitative estimate of drug-likeness (QED) is 0.559. The summed E-state index contributed by atoms with van der Waals surface area (Å²) in [5, 5.41) is 8.97. The fourth-order valence-corrected chi connectivity index (χ4v) is 0.755. The fraction of sp³-hybridized carbons (Fsp3) is 0.111. The van der Waals surface area contributed by atoms with E-state index in [0.717, 1.165) is 6.07 Å². The van der Waals surface area contributed by atoms with E-state index in [1.54, 1.807) is 0 Å². The van der Waals surface area contributed by atoms with Crippen LogP contribution in [-0.4, -0.2) is 11.7 Å². The molecule has 0 aliphatic rings. The molecule has 0 amide bonds. The Morgan fingerprint density at radius 3 is 2.92 bits per heavy atom. The van der Waals surface area contributed by atoms with Crippen LogP contribution >= 0.6 is 0 Å². The van der Waals surface area contributed by atoms with Gasteiger partial charge < -0.3 is 10.8 Å². The summed E-state index contributed by atoms with van der Waals surface area (Å²) in [4.78, 5) is 0. The Morgan fingerprint density at radius 2 is 2.25 bits per heavy atom. The van der Waals surface area contributed by atoms with Crippen LogP contribution in [0.2, 0.25) is 0 Å². The van der Waals surface area contributed by atoms with Crippen molar-refractivity contribution in [1.82, 2.24) is 0 Å². The van der Waals surface area contributed by atoms with Crippen LogP contribution in [0.5, 0.6) is 5.75 Å². The average molecular weight is 165 g/mol. The van der Waals surface area contributed by atoms with Crippen molar-refractivity contribution in [3.8, 4) is 17.6 Å². The monoisotopic (exact) mass is 165 g/mol. The van der Waals surface area contributed by atoms with Crippen LogP contribution in [-0.2, 0) is 0 Å². The van der Waals surface area contributed by atoms with Crippen LogP contribution in [0.4, 0.5) is 4.39 Å². The average Bonchev–Trinajstić information content (AvgIpc) is 2.07. The highest BCUT2D eigenvalue weighted by atomic mass is 19.1. The number of nitrogens with two attached hydrogens (primary N) is 1. The van der Waals surface area contributed by atoms with E-state index in [9.17, 15) is 4.39 Å². The third-order valence-corrected chi connectivity index (χ3v) is 1.28. The van der Waals surface area contributed by atoms with E-state index in [0.29, 0.717) is 0 Å². The Hall–Kier alpha value is -1.53. The van der Waals surface area contributed by atoms with E-state index in [4.69, 9.17) is 10.8 Å². The Kier molecular flexibility index (Phi) is 2.67. The second-order valence-corrected chi connectivity index (χ2v) is 2.17. The first-order chi connectivity index (χ1) is 5.74. The summed E-state index contributed by atoms with van der Waals surface area (Å²) in [6.45, 7) is 0.176. The molecule has 0 unspecified atom stereocenters. The van der Waals surface area contributed by atoms with Gasteiger partial charge in [-0.25, -0.2) is 4.39 Å². The maximum atomic E-state index is 12.8. The number of hydrogen-bond acceptors (Lipinski definition) is 2. The molecule has 0 fully saturated rings. The highest BCUT2D eigenvalue weighted by Crippen LogP contribution is 2.13. The molecular weight excluding hydrogens is 157 g/mol. The third-order valence-electron chi connectivity index (χ3n) is 1.28. The number of hydrogen-bond donors (Lipinski definition) is 2. The van der Waals surface area contributed by atoms with Gasteiger partial charge in [0.1, 0.15) is 11.6 Å². The molecule has 2 nitrogen and oxygen atoms in total. The van der Waals surface area contributed by atoms with Gasteiger partial charge in [-0.05, 0) is 18.2 Å². The lowest BCUT2D eigenvalue weighted by Gasteiger charge is -1.94. The molecule has 3 heteroatoms. The lowest BCUT2D eigenvalue weighted by Crippen LogP contribution is -1.93. The van der Waals surface area contributed by atoms with Crippen LogP contribution in [0.3, 0.4) is 0 Å². The zero-order chi connectivity index (χ0) is 8.97. The first-order valence-corrected chi connectivity index (χ1v) is 3.41. The van der Waals surface area contributed by atoms with Crippen LogP contribution < -0.4 is 5.73 Å². The molecule has 0 aliphatic heterocycles. The molecule has 0 saturated carbocycles. The van der Waals surface area contributed by atoms with Crippen molar-refractivity contribution >= 4 is 0 Å². The number of phenols is 1. The van der Waals surface area contributed by atoms with Crippen molar-refractivity contribution in [2.75, 3.05) is 6.54 Å². The van der Waals surface area contributed by atoms with Crippen molar-refractivity contribution in [2.24, 2.45) is 5.73 Å². The van der Waals surface area contributed by atoms with Crippen LogP contribution in [0, 0.1) is 17.7 Å². The number of halogens is 1. The zero-order valence-corrected chi connectivity index (χ0v) is 6.34. The molecule has 1 aromatic carbocycles. The van der Waals surface area contributed by atoms with Crippen molar-refractivity contribution in [1.29, 1.82) is 0 Å². The van der Waals surface area contributed by atoms with E-state index >= 15 is 0 Å². The highest BCUT2D eigenvalue weighted by Gasteiger charge is 1.98. The Morgan fingerprint density at radius 1 is 1.50 bits per heavy atom. The highest BCUT2D eigenvalue weighted by molar-refractivity contribution is 5.40. The molecule has 3 N–H and O–H groups in total. The second kappa shape index (κ2) is 3.74. The van der Waals surface area contributed by atoms with E-state index < -0.39 is 5.82 Å². The van der Waals surface area contributed by atoms with Crippen molar-refractivity contribution in [3.05, 3.63) is 29.6 Å². The molecule has 0 atom stereocenters. The lowest BCUT2D eigenvalue weighted by atomic mass is 10.2. The van der Waals surface area contributed by atoms with Gasteiger partial charge in [0.15, 0.2) is 0 Å². The van der Waals surface area contributed by atoms with Crippen molar-refractivity contribution in [2.45, 2.75) is 0 Å². The molecule has 1 aromatic rings. The van der Waals surface area contributed by atoms with E-state index in [-0.39, 0.29) is 17.9 Å². The summed E-state index contributed by atoms with van der Waals surface area (Å²) in [5.74, 6) is 4.55. The van der Waals surface area contributed by atoms with Gasteiger partial charge in [0.05, 0.1) is 12.1 Å². The molecule has 0 radical (unpaired) electrons. The van der Waals surface area contributed by atoms with Gasteiger partial charge in [-0.1, -0.05) is 11.8 Å². The van der Waals surface area contributed by atoms with Gasteiger partial charge in [-0.2, -0.15) is 0 Å². The Bertz CT molecular complexity index is 338. The van der Waals surface area contributed by atoms with Crippen LogP contribution in [0.15, 0.2) is 18.2 Å². The van der Waals surface area contributed by atoms with E-state index in [1.165, 1.54) is 12.1 Å². The summed E-state index contributed by atoms with van der Waals surface area (Å²) in [6.07, 6.45) is 0. The molecule has 1 rings (SSSR count). The first kappa shape index (κ1) is 8.57. The molecule has 0 saturated heterocycles. The molecule has 0 aromatic heterocycles. The molecule has 0 heterocycles. The topological polar surface area (TPSA) is 46.2 Å². The van der Waals surface area contributed by atoms with E-state index in [2.05, 4.69) is 11.8 Å². The van der Waals surface area contributed by atoms with Crippen LogP contribution in [0.1, 0.15) is 5.56 Å². The lowest BCUT2D eigenvalue weighted by molar-refractivity contribution is 0.472. The van der Waals surface area contributed by atoms with Gasteiger partial charge in [0, 0.05) is 0 Å². The summed E-state index contributed by atoms with van der Waals surface area (Å²) >= 11 is 0. The molecule has 62 valence electrons. The first-order valence-electron chi connectivity index (χ1n) is 3.41. The van der Waals surface area contributed by atoms with Crippen molar-refractivity contribution < 1.29 is 9.50 Å². The number of phenolic OH excluding ortho intramolecular Hbond substituents is 1. The standard InChI is InChI=1S/C9H8FNO/c10-9-4-3-8(12)6-7(9)2-1-5-11/h3-4,6,12H,5,11H2. The smallest absolute Gasteiger partial charge is 0.139 e. The normalized spacial score (nSPS) is 8.83. The maximum absolute atomic E-state index is 12.8. The van der Waals surface area contributed by atoms with Gasteiger partial charge in [-0.15, -0.1) is 0 Å². The summed E-state index contributed by atoms with van der Waals surface area (Å²) < 4.78 is 12.8. The summed E-state index contributed by atoms with van der Waals surface area (Å²) in [7, 11) is 0. The molecule has 0 bridgehead atoms. The van der Waals surface area contributed by atoms with Gasteiger partial charge in [0.25, 0.3) is 0 Å².